The lowest BCUT2D eigenvalue weighted by atomic mass is 10.1. The normalized spacial score (nSPS) is 21.1. The molecule has 3 heterocycles. The van der Waals surface area contributed by atoms with Crippen LogP contribution in [0.25, 0.3) is 0 Å². The predicted molar refractivity (Wildman–Crippen MR) is 114 cm³/mol. The van der Waals surface area contributed by atoms with Gasteiger partial charge in [-0.05, 0) is 43.4 Å². The largest absolute Gasteiger partial charge is 0.487 e. The van der Waals surface area contributed by atoms with Gasteiger partial charge in [0.15, 0.2) is 0 Å². The zero-order valence-electron chi connectivity index (χ0n) is 17.3. The maximum atomic E-state index is 13.1. The van der Waals surface area contributed by atoms with Crippen molar-refractivity contribution in [2.45, 2.75) is 50.7 Å². The summed E-state index contributed by atoms with van der Waals surface area (Å²) in [6.07, 6.45) is 7.87. The number of hydrogen-bond donors (Lipinski definition) is 0. The molecule has 2 atom stereocenters. The maximum absolute atomic E-state index is 13.1. The van der Waals surface area contributed by atoms with Crippen molar-refractivity contribution in [1.29, 1.82) is 0 Å². The van der Waals surface area contributed by atoms with Crippen molar-refractivity contribution in [2.24, 2.45) is 0 Å². The van der Waals surface area contributed by atoms with Crippen LogP contribution in [0.1, 0.15) is 37.7 Å². The van der Waals surface area contributed by atoms with Gasteiger partial charge in [0, 0.05) is 32.1 Å². The molecule has 0 aliphatic carbocycles. The quantitative estimate of drug-likeness (QED) is 0.708. The van der Waals surface area contributed by atoms with Gasteiger partial charge >= 0.3 is 0 Å². The molecule has 6 heteroatoms. The second-order valence-electron chi connectivity index (χ2n) is 8.10. The summed E-state index contributed by atoms with van der Waals surface area (Å²) in [6, 6.07) is 13.4. The molecule has 2 saturated heterocycles. The average Bonchev–Trinajstić information content (AvgIpc) is 3.45. The lowest BCUT2D eigenvalue weighted by molar-refractivity contribution is -0.143. The lowest BCUT2D eigenvalue weighted by Gasteiger charge is -2.27. The molecule has 30 heavy (non-hydrogen) atoms. The number of carbonyl (C=O) groups is 2. The molecule has 158 valence electrons. The van der Waals surface area contributed by atoms with Crippen molar-refractivity contribution in [1.82, 2.24) is 14.8 Å². The maximum Gasteiger partial charge on any atom is 0.245 e. The van der Waals surface area contributed by atoms with Gasteiger partial charge in [0.2, 0.25) is 11.8 Å². The zero-order chi connectivity index (χ0) is 20.8. The van der Waals surface area contributed by atoms with Crippen molar-refractivity contribution in [3.63, 3.8) is 0 Å². The van der Waals surface area contributed by atoms with Crippen molar-refractivity contribution in [3.05, 3.63) is 60.4 Å². The molecule has 2 aliphatic heterocycles. The first-order valence-electron chi connectivity index (χ1n) is 10.9. The summed E-state index contributed by atoms with van der Waals surface area (Å²) in [7, 11) is 0. The minimum atomic E-state index is -0.422. The highest BCUT2D eigenvalue weighted by atomic mass is 16.5. The van der Waals surface area contributed by atoms with E-state index in [1.807, 2.05) is 35.2 Å². The molecule has 0 unspecified atom stereocenters. The van der Waals surface area contributed by atoms with Crippen LogP contribution in [0.4, 0.5) is 0 Å². The van der Waals surface area contributed by atoms with Crippen LogP contribution in [0.5, 0.6) is 5.75 Å². The Balaban J connectivity index is 1.40. The van der Waals surface area contributed by atoms with Gasteiger partial charge in [-0.1, -0.05) is 30.3 Å². The Morgan fingerprint density at radius 1 is 1.07 bits per heavy atom. The molecule has 1 aromatic carbocycles. The van der Waals surface area contributed by atoms with E-state index < -0.39 is 6.04 Å². The first kappa shape index (κ1) is 20.4. The lowest BCUT2D eigenvalue weighted by Crippen LogP contribution is -2.46. The van der Waals surface area contributed by atoms with Gasteiger partial charge in [0.1, 0.15) is 17.9 Å². The minimum Gasteiger partial charge on any atom is -0.487 e. The standard InChI is InChI=1S/C24H29N3O3/c28-23(12-6-10-19-8-2-1-3-9-19)27-18-21(30-20-11-7-13-25-17-20)16-22(27)24(29)26-14-4-5-15-26/h1-3,7-9,11,13,17,21-22H,4-6,10,12,14-16,18H2/t21-,22-/m0/s1. The Morgan fingerprint density at radius 2 is 1.87 bits per heavy atom. The second-order valence-corrected chi connectivity index (χ2v) is 8.10. The van der Waals surface area contributed by atoms with E-state index >= 15 is 0 Å². The number of hydrogen-bond acceptors (Lipinski definition) is 4. The average molecular weight is 408 g/mol. The number of amides is 2. The molecular formula is C24H29N3O3. The highest BCUT2D eigenvalue weighted by molar-refractivity contribution is 5.88. The van der Waals surface area contributed by atoms with E-state index in [1.54, 1.807) is 17.3 Å². The first-order valence-corrected chi connectivity index (χ1v) is 10.9. The van der Waals surface area contributed by atoms with Gasteiger partial charge in [-0.3, -0.25) is 14.6 Å². The third-order valence-corrected chi connectivity index (χ3v) is 5.92. The Morgan fingerprint density at radius 3 is 2.60 bits per heavy atom. The van der Waals surface area contributed by atoms with Crippen molar-refractivity contribution >= 4 is 11.8 Å². The van der Waals surface area contributed by atoms with Crippen LogP contribution in [0.2, 0.25) is 0 Å². The molecule has 1 aromatic heterocycles. The number of benzene rings is 1. The molecule has 0 N–H and O–H groups in total. The van der Waals surface area contributed by atoms with Crippen LogP contribution < -0.4 is 4.74 Å². The number of carbonyl (C=O) groups excluding carboxylic acids is 2. The van der Waals surface area contributed by atoms with Gasteiger partial charge in [-0.15, -0.1) is 0 Å². The van der Waals surface area contributed by atoms with E-state index in [0.717, 1.165) is 38.8 Å². The fraction of sp³-hybridized carbons (Fsp3) is 0.458. The number of likely N-dealkylation sites (tertiary alicyclic amines) is 2. The zero-order valence-corrected chi connectivity index (χ0v) is 17.3. The van der Waals surface area contributed by atoms with Crippen molar-refractivity contribution in [3.8, 4) is 5.75 Å². The van der Waals surface area contributed by atoms with Crippen molar-refractivity contribution in [2.75, 3.05) is 19.6 Å². The topological polar surface area (TPSA) is 62.7 Å². The van der Waals surface area contributed by atoms with E-state index in [2.05, 4.69) is 17.1 Å². The van der Waals surface area contributed by atoms with Crippen LogP contribution in [-0.2, 0) is 16.0 Å². The number of aromatic nitrogens is 1. The van der Waals surface area contributed by atoms with Crippen molar-refractivity contribution < 1.29 is 14.3 Å². The summed E-state index contributed by atoms with van der Waals surface area (Å²) >= 11 is 0. The minimum absolute atomic E-state index is 0.0424. The van der Waals surface area contributed by atoms with E-state index in [-0.39, 0.29) is 17.9 Å². The SMILES string of the molecule is O=C([C@@H]1C[C@H](Oc2cccnc2)CN1C(=O)CCCc1ccccc1)N1CCCC1. The summed E-state index contributed by atoms with van der Waals surface area (Å²) in [5.74, 6) is 0.787. The Labute approximate surface area is 177 Å². The van der Waals surface area contributed by atoms with Crippen LogP contribution in [0, 0.1) is 0 Å². The molecule has 0 saturated carbocycles. The molecule has 0 spiro atoms. The third-order valence-electron chi connectivity index (χ3n) is 5.92. The van der Waals surface area contributed by atoms with Crippen LogP contribution in [0.15, 0.2) is 54.9 Å². The van der Waals surface area contributed by atoms with Gasteiger partial charge < -0.3 is 14.5 Å². The van der Waals surface area contributed by atoms with Crippen LogP contribution >= 0.6 is 0 Å². The number of aryl methyl sites for hydroxylation is 1. The molecular weight excluding hydrogens is 378 g/mol. The van der Waals surface area contributed by atoms with E-state index in [0.29, 0.717) is 25.1 Å². The predicted octanol–water partition coefficient (Wildman–Crippen LogP) is 3.08. The highest BCUT2D eigenvalue weighted by Gasteiger charge is 2.42. The van der Waals surface area contributed by atoms with Crippen LogP contribution in [0.3, 0.4) is 0 Å². The molecule has 2 aromatic rings. The first-order chi connectivity index (χ1) is 14.7. The van der Waals surface area contributed by atoms with E-state index in [1.165, 1.54) is 5.56 Å². The third kappa shape index (κ3) is 4.99. The Hall–Kier alpha value is -2.89. The summed E-state index contributed by atoms with van der Waals surface area (Å²) in [4.78, 5) is 33.9. The Kier molecular flexibility index (Phi) is 6.62. The summed E-state index contributed by atoms with van der Waals surface area (Å²) < 4.78 is 6.05. The number of pyridine rings is 1. The number of rotatable bonds is 7. The molecule has 2 aliphatic rings. The molecule has 6 nitrogen and oxygen atoms in total. The second kappa shape index (κ2) is 9.74. The smallest absolute Gasteiger partial charge is 0.245 e. The van der Waals surface area contributed by atoms with Gasteiger partial charge in [-0.25, -0.2) is 0 Å². The monoisotopic (exact) mass is 407 g/mol. The number of ether oxygens (including phenoxy) is 1. The van der Waals surface area contributed by atoms with Crippen LogP contribution in [-0.4, -0.2) is 58.4 Å². The fourth-order valence-corrected chi connectivity index (χ4v) is 4.38. The summed E-state index contributed by atoms with van der Waals surface area (Å²) in [6.45, 7) is 2.03. The fourth-order valence-electron chi connectivity index (χ4n) is 4.38. The van der Waals surface area contributed by atoms with Gasteiger partial charge in [0.25, 0.3) is 0 Å². The summed E-state index contributed by atoms with van der Waals surface area (Å²) in [5, 5.41) is 0. The molecule has 2 fully saturated rings. The molecule has 0 radical (unpaired) electrons. The molecule has 4 rings (SSSR count). The highest BCUT2D eigenvalue weighted by Crippen LogP contribution is 2.26. The summed E-state index contributed by atoms with van der Waals surface area (Å²) in [5.41, 5.74) is 1.23. The molecule has 0 bridgehead atoms. The van der Waals surface area contributed by atoms with E-state index in [9.17, 15) is 9.59 Å². The van der Waals surface area contributed by atoms with Gasteiger partial charge in [0.05, 0.1) is 12.7 Å². The molecule has 2 amide bonds. The number of nitrogens with zero attached hydrogens (tertiary/aromatic N) is 3. The van der Waals surface area contributed by atoms with E-state index in [4.69, 9.17) is 4.74 Å². The Bertz CT molecular complexity index is 837. The van der Waals surface area contributed by atoms with Gasteiger partial charge in [-0.2, -0.15) is 0 Å².